The molecule has 0 fully saturated rings. The topological polar surface area (TPSA) is 72.4 Å². The SMILES string of the molecule is CCCCCNc1ccc(-c2ccccc2)n(CC(=O)NC(C(C)C)C(O[Si](C)(C)C(C)(C)C)C(F)(F)F)c1=O. The van der Waals surface area contributed by atoms with E-state index in [0.717, 1.165) is 24.8 Å². The first kappa shape index (κ1) is 33.6. The van der Waals surface area contributed by atoms with Crippen LogP contribution in [0.25, 0.3) is 11.3 Å². The van der Waals surface area contributed by atoms with Gasteiger partial charge >= 0.3 is 6.18 Å². The number of nitrogens with one attached hydrogen (secondary N) is 2. The number of rotatable bonds is 13. The molecular weight excluding hydrogens is 535 g/mol. The molecule has 1 amide bonds. The molecule has 1 aromatic carbocycles. The molecule has 2 rings (SSSR count). The number of benzene rings is 1. The number of anilines is 1. The highest BCUT2D eigenvalue weighted by Gasteiger charge is 2.52. The van der Waals surface area contributed by atoms with Crippen LogP contribution in [0.3, 0.4) is 0 Å². The first-order valence-electron chi connectivity index (χ1n) is 14.1. The van der Waals surface area contributed by atoms with Crippen molar-refractivity contribution in [1.82, 2.24) is 9.88 Å². The molecule has 10 heteroatoms. The monoisotopic (exact) mass is 581 g/mol. The lowest BCUT2D eigenvalue weighted by molar-refractivity contribution is -0.210. The van der Waals surface area contributed by atoms with E-state index >= 15 is 0 Å². The van der Waals surface area contributed by atoms with Crippen LogP contribution in [0.2, 0.25) is 18.1 Å². The second-order valence-electron chi connectivity index (χ2n) is 12.2. The summed E-state index contributed by atoms with van der Waals surface area (Å²) >= 11 is 0. The van der Waals surface area contributed by atoms with E-state index in [1.165, 1.54) is 4.57 Å². The lowest BCUT2D eigenvalue weighted by Gasteiger charge is -2.42. The lowest BCUT2D eigenvalue weighted by Crippen LogP contribution is -2.59. The van der Waals surface area contributed by atoms with Crippen molar-refractivity contribution in [2.75, 3.05) is 11.9 Å². The maximum absolute atomic E-state index is 14.4. The molecular formula is C30H46F3N3O3Si. The number of unbranched alkanes of at least 4 members (excludes halogenated alkanes) is 2. The number of hydrogen-bond donors (Lipinski definition) is 2. The van der Waals surface area contributed by atoms with Crippen LogP contribution >= 0.6 is 0 Å². The van der Waals surface area contributed by atoms with Gasteiger partial charge in [-0.3, -0.25) is 14.2 Å². The van der Waals surface area contributed by atoms with Crippen molar-refractivity contribution in [3.05, 3.63) is 52.8 Å². The Hall–Kier alpha value is -2.59. The van der Waals surface area contributed by atoms with Crippen LogP contribution in [0.4, 0.5) is 18.9 Å². The zero-order valence-corrected chi connectivity index (χ0v) is 26.1. The first-order chi connectivity index (χ1) is 18.5. The van der Waals surface area contributed by atoms with Crippen LogP contribution in [0.1, 0.15) is 60.8 Å². The third kappa shape index (κ3) is 8.96. The molecule has 0 aliphatic carbocycles. The summed E-state index contributed by atoms with van der Waals surface area (Å²) in [6.07, 6.45) is -3.92. The van der Waals surface area contributed by atoms with E-state index in [1.54, 1.807) is 39.1 Å². The predicted octanol–water partition coefficient (Wildman–Crippen LogP) is 7.21. The Labute approximate surface area is 237 Å². The molecule has 40 heavy (non-hydrogen) atoms. The average Bonchev–Trinajstić information content (AvgIpc) is 2.85. The van der Waals surface area contributed by atoms with Crippen LogP contribution in [0.15, 0.2) is 47.3 Å². The number of carbonyl (C=O) groups excluding carboxylic acids is 1. The van der Waals surface area contributed by atoms with Gasteiger partial charge in [0.15, 0.2) is 14.4 Å². The molecule has 0 aliphatic rings. The summed E-state index contributed by atoms with van der Waals surface area (Å²) in [4.78, 5) is 26.9. The molecule has 2 aromatic rings. The molecule has 1 aromatic heterocycles. The van der Waals surface area contributed by atoms with Crippen molar-refractivity contribution in [2.45, 2.75) is 104 Å². The molecule has 1 heterocycles. The van der Waals surface area contributed by atoms with Gasteiger partial charge in [-0.15, -0.1) is 0 Å². The van der Waals surface area contributed by atoms with Gasteiger partial charge in [0.1, 0.15) is 12.2 Å². The molecule has 0 radical (unpaired) electrons. The molecule has 0 spiro atoms. The van der Waals surface area contributed by atoms with E-state index in [1.807, 2.05) is 51.1 Å². The Morgan fingerprint density at radius 3 is 2.17 bits per heavy atom. The summed E-state index contributed by atoms with van der Waals surface area (Å²) in [6.45, 7) is 14.6. The molecule has 0 bridgehead atoms. The minimum Gasteiger partial charge on any atom is -0.404 e. The van der Waals surface area contributed by atoms with Gasteiger partial charge in [-0.05, 0) is 48.2 Å². The van der Waals surface area contributed by atoms with Gasteiger partial charge in [0.05, 0.1) is 11.7 Å². The fraction of sp³-hybridized carbons (Fsp3) is 0.600. The minimum atomic E-state index is -4.69. The summed E-state index contributed by atoms with van der Waals surface area (Å²) in [6, 6.07) is 11.2. The fourth-order valence-corrected chi connectivity index (χ4v) is 5.40. The number of alkyl halides is 3. The maximum atomic E-state index is 14.4. The predicted molar refractivity (Wildman–Crippen MR) is 159 cm³/mol. The standard InChI is InChI=1S/C30H46F3N3O3Si/c1-9-10-14-19-34-23-17-18-24(22-15-12-11-13-16-22)36(28(23)38)20-25(37)35-26(21(2)3)27(30(31,32)33)39-40(7,8)29(4,5)6/h11-13,15-18,21,26-27,34H,9-10,14,19-20H2,1-8H3,(H,35,37). The van der Waals surface area contributed by atoms with Gasteiger partial charge in [-0.25, -0.2) is 0 Å². The van der Waals surface area contributed by atoms with Gasteiger partial charge in [-0.2, -0.15) is 13.2 Å². The van der Waals surface area contributed by atoms with Crippen LogP contribution in [-0.2, 0) is 15.8 Å². The maximum Gasteiger partial charge on any atom is 0.415 e. The van der Waals surface area contributed by atoms with Crippen molar-refractivity contribution in [3.63, 3.8) is 0 Å². The minimum absolute atomic E-state index is 0.346. The van der Waals surface area contributed by atoms with Crippen molar-refractivity contribution >= 4 is 19.9 Å². The Bertz CT molecular complexity index is 1160. The number of pyridine rings is 1. The normalized spacial score (nSPS) is 14.2. The van der Waals surface area contributed by atoms with Crippen molar-refractivity contribution in [3.8, 4) is 11.3 Å². The zero-order valence-electron chi connectivity index (χ0n) is 25.1. The Morgan fingerprint density at radius 2 is 1.65 bits per heavy atom. The van der Waals surface area contributed by atoms with Crippen molar-refractivity contribution < 1.29 is 22.4 Å². The number of aromatic nitrogens is 1. The smallest absolute Gasteiger partial charge is 0.404 e. The fourth-order valence-electron chi connectivity index (χ4n) is 4.13. The Balaban J connectivity index is 2.43. The highest BCUT2D eigenvalue weighted by Crippen LogP contribution is 2.41. The van der Waals surface area contributed by atoms with Gasteiger partial charge in [-0.1, -0.05) is 84.7 Å². The molecule has 0 aliphatic heterocycles. The molecule has 224 valence electrons. The van der Waals surface area contributed by atoms with Gasteiger partial charge in [0, 0.05) is 6.54 Å². The van der Waals surface area contributed by atoms with E-state index in [0.29, 0.717) is 17.9 Å². The molecule has 2 atom stereocenters. The number of amides is 1. The third-order valence-electron chi connectivity index (χ3n) is 7.56. The summed E-state index contributed by atoms with van der Waals surface area (Å²) in [5.41, 5.74) is 1.17. The second kappa shape index (κ2) is 13.8. The van der Waals surface area contributed by atoms with Crippen LogP contribution in [0.5, 0.6) is 0 Å². The van der Waals surface area contributed by atoms with Crippen LogP contribution in [-0.4, -0.2) is 43.7 Å². The largest absolute Gasteiger partial charge is 0.415 e. The van der Waals surface area contributed by atoms with Crippen molar-refractivity contribution in [1.29, 1.82) is 0 Å². The highest BCUT2D eigenvalue weighted by molar-refractivity contribution is 6.74. The number of halogens is 3. The molecule has 0 saturated carbocycles. The van der Waals surface area contributed by atoms with Crippen LogP contribution < -0.4 is 16.2 Å². The number of nitrogens with zero attached hydrogens (tertiary/aromatic N) is 1. The zero-order chi connectivity index (χ0) is 30.3. The summed E-state index contributed by atoms with van der Waals surface area (Å²) in [5.74, 6) is -1.26. The van der Waals surface area contributed by atoms with Gasteiger partial charge in [0.2, 0.25) is 5.91 Å². The van der Waals surface area contributed by atoms with E-state index in [4.69, 9.17) is 4.43 Å². The number of carbonyl (C=O) groups is 1. The lowest BCUT2D eigenvalue weighted by atomic mass is 9.98. The quantitative estimate of drug-likeness (QED) is 0.194. The molecule has 6 nitrogen and oxygen atoms in total. The molecule has 0 saturated heterocycles. The average molecular weight is 582 g/mol. The summed E-state index contributed by atoms with van der Waals surface area (Å²) < 4.78 is 50.3. The Morgan fingerprint density at radius 1 is 1.02 bits per heavy atom. The van der Waals surface area contributed by atoms with Crippen molar-refractivity contribution in [2.24, 2.45) is 5.92 Å². The Kier molecular flexibility index (Phi) is 11.6. The summed E-state index contributed by atoms with van der Waals surface area (Å²) in [7, 11) is -2.83. The van der Waals surface area contributed by atoms with E-state index in [-0.39, 0.29) is 0 Å². The van der Waals surface area contributed by atoms with Gasteiger partial charge in [0.25, 0.3) is 5.56 Å². The van der Waals surface area contributed by atoms with E-state index in [2.05, 4.69) is 17.6 Å². The summed E-state index contributed by atoms with van der Waals surface area (Å²) in [5, 5.41) is 5.28. The number of hydrogen-bond acceptors (Lipinski definition) is 4. The van der Waals surface area contributed by atoms with E-state index < -0.39 is 55.6 Å². The third-order valence-corrected chi connectivity index (χ3v) is 12.0. The van der Waals surface area contributed by atoms with Crippen LogP contribution in [0, 0.1) is 5.92 Å². The molecule has 2 N–H and O–H groups in total. The first-order valence-corrected chi connectivity index (χ1v) is 17.0. The van der Waals surface area contributed by atoms with Gasteiger partial charge < -0.3 is 15.1 Å². The van der Waals surface area contributed by atoms with E-state index in [9.17, 15) is 22.8 Å². The molecule has 2 unspecified atom stereocenters. The second-order valence-corrected chi connectivity index (χ2v) is 17.0. The highest BCUT2D eigenvalue weighted by atomic mass is 28.4.